The number of thiocarbonyl (C=S) groups is 1. The van der Waals surface area contributed by atoms with Gasteiger partial charge in [-0.15, -0.1) is 0 Å². The van der Waals surface area contributed by atoms with E-state index >= 15 is 0 Å². The fraction of sp³-hybridized carbons (Fsp3) is 0.343. The molecule has 44 heavy (non-hydrogen) atoms. The van der Waals surface area contributed by atoms with Crippen molar-refractivity contribution in [1.29, 1.82) is 0 Å². The summed E-state index contributed by atoms with van der Waals surface area (Å²) in [6.45, 7) is 12.7. The number of nitrogens with zero attached hydrogens (tertiary/aromatic N) is 4. The second-order valence-electron chi connectivity index (χ2n) is 12.5. The average molecular weight is 628 g/mol. The van der Waals surface area contributed by atoms with E-state index in [2.05, 4.69) is 65.6 Å². The van der Waals surface area contributed by atoms with Crippen LogP contribution in [0, 0.1) is 32.6 Å². The number of nitrogens with one attached hydrogen (secondary N) is 1. The van der Waals surface area contributed by atoms with Crippen LogP contribution in [0.1, 0.15) is 70.9 Å². The minimum atomic E-state index is -0.950. The number of aryl methyl sites for hydroxylation is 2. The zero-order valence-corrected chi connectivity index (χ0v) is 27.3. The zero-order valence-electron chi connectivity index (χ0n) is 25.7. The van der Waals surface area contributed by atoms with Crippen molar-refractivity contribution in [2.75, 3.05) is 22.9 Å². The standard InChI is InChI=1S/C35H38ClN5O2S/c1-20-14-21(2)19-39(18-20)30-12-11-26(17-28(30)36)41-33(32(38-35(41)44)29-8-6-7-13-37-29)27-15-23(4)40(24(27)5)31-16-25(34(42)43)10-9-22(31)3/h6-13,15-17,20-21,32-33H,14,18-19H2,1-5H3,(H,38,44)(H,42,43)/t20-,21-,32-,33+/m0/s1. The first-order chi connectivity index (χ1) is 21.0. The fourth-order valence-corrected chi connectivity index (χ4v) is 7.79. The maximum absolute atomic E-state index is 11.8. The van der Waals surface area contributed by atoms with Gasteiger partial charge in [0, 0.05) is 42.0 Å². The third-order valence-corrected chi connectivity index (χ3v) is 9.62. The van der Waals surface area contributed by atoms with Crippen molar-refractivity contribution < 1.29 is 9.90 Å². The molecule has 9 heteroatoms. The Bertz CT molecular complexity index is 1730. The lowest BCUT2D eigenvalue weighted by Crippen LogP contribution is -2.38. The third-order valence-electron chi connectivity index (χ3n) is 9.00. The van der Waals surface area contributed by atoms with Crippen LogP contribution in [-0.4, -0.2) is 38.8 Å². The molecule has 2 saturated heterocycles. The molecule has 0 spiro atoms. The smallest absolute Gasteiger partial charge is 0.335 e. The summed E-state index contributed by atoms with van der Waals surface area (Å²) in [5, 5.41) is 14.6. The zero-order chi connectivity index (χ0) is 31.3. The van der Waals surface area contributed by atoms with Gasteiger partial charge in [0.05, 0.1) is 34.1 Å². The summed E-state index contributed by atoms with van der Waals surface area (Å²) in [5.74, 6) is 0.279. The van der Waals surface area contributed by atoms with E-state index in [1.165, 1.54) is 6.42 Å². The van der Waals surface area contributed by atoms with Crippen molar-refractivity contribution in [3.63, 3.8) is 0 Å². The minimum Gasteiger partial charge on any atom is -0.478 e. The predicted octanol–water partition coefficient (Wildman–Crippen LogP) is 7.81. The highest BCUT2D eigenvalue weighted by molar-refractivity contribution is 7.80. The summed E-state index contributed by atoms with van der Waals surface area (Å²) in [6, 6.07) is 19.2. The predicted molar refractivity (Wildman–Crippen MR) is 181 cm³/mol. The Hall–Kier alpha value is -3.88. The van der Waals surface area contributed by atoms with Gasteiger partial charge in [0.1, 0.15) is 0 Å². The molecule has 0 unspecified atom stereocenters. The van der Waals surface area contributed by atoms with Gasteiger partial charge in [-0.25, -0.2) is 4.79 Å². The van der Waals surface area contributed by atoms with Gasteiger partial charge in [0.2, 0.25) is 0 Å². The van der Waals surface area contributed by atoms with Gasteiger partial charge < -0.3 is 24.8 Å². The molecule has 0 amide bonds. The Morgan fingerprint density at radius 2 is 1.75 bits per heavy atom. The van der Waals surface area contributed by atoms with E-state index in [1.807, 2.05) is 37.3 Å². The molecule has 2 aromatic heterocycles. The molecule has 0 bridgehead atoms. The Morgan fingerprint density at radius 1 is 1.00 bits per heavy atom. The van der Waals surface area contributed by atoms with Gasteiger partial charge in [-0.05, 0) is 111 Å². The molecule has 0 aliphatic carbocycles. The number of carbonyl (C=O) groups is 1. The Kier molecular flexibility index (Phi) is 8.16. The molecule has 2 N–H and O–H groups in total. The largest absolute Gasteiger partial charge is 0.478 e. The first-order valence-electron chi connectivity index (χ1n) is 15.1. The molecule has 0 saturated carbocycles. The van der Waals surface area contributed by atoms with Crippen LogP contribution in [0.4, 0.5) is 11.4 Å². The molecule has 4 aromatic rings. The van der Waals surface area contributed by atoms with Crippen molar-refractivity contribution >= 4 is 46.3 Å². The fourth-order valence-electron chi connectivity index (χ4n) is 7.15. The number of aromatic nitrogens is 2. The Morgan fingerprint density at radius 3 is 2.41 bits per heavy atom. The first-order valence-corrected chi connectivity index (χ1v) is 15.9. The molecule has 2 aliphatic heterocycles. The van der Waals surface area contributed by atoms with Crippen molar-refractivity contribution in [2.24, 2.45) is 11.8 Å². The number of benzene rings is 2. The van der Waals surface area contributed by atoms with Crippen molar-refractivity contribution in [2.45, 2.75) is 53.1 Å². The van der Waals surface area contributed by atoms with Crippen LogP contribution >= 0.6 is 23.8 Å². The second kappa shape index (κ2) is 11.9. The van der Waals surface area contributed by atoms with Crippen molar-refractivity contribution in [3.8, 4) is 5.69 Å². The SMILES string of the molecule is Cc1ccc(C(=O)O)cc1-n1c(C)cc([C@@H]2[C@H](c3ccccn3)NC(=S)N2c2ccc(N3C[C@@H](C)C[C@H](C)C3)c(Cl)c2)c1C. The van der Waals surface area contributed by atoms with E-state index in [4.69, 9.17) is 28.8 Å². The number of aromatic carboxylic acids is 1. The summed E-state index contributed by atoms with van der Waals surface area (Å²) in [6.07, 6.45) is 3.03. The lowest BCUT2D eigenvalue weighted by Gasteiger charge is -2.37. The maximum Gasteiger partial charge on any atom is 0.335 e. The Balaban J connectivity index is 1.46. The quantitative estimate of drug-likeness (QED) is 0.211. The number of rotatable bonds is 6. The number of hydrogen-bond acceptors (Lipinski definition) is 4. The molecular weight excluding hydrogens is 590 g/mol. The van der Waals surface area contributed by atoms with Gasteiger partial charge in [-0.2, -0.15) is 0 Å². The minimum absolute atomic E-state index is 0.216. The first kappa shape index (κ1) is 30.2. The summed E-state index contributed by atoms with van der Waals surface area (Å²) in [5.41, 5.74) is 8.02. The van der Waals surface area contributed by atoms with Gasteiger partial charge >= 0.3 is 5.97 Å². The summed E-state index contributed by atoms with van der Waals surface area (Å²) in [7, 11) is 0. The third kappa shape index (κ3) is 5.46. The van der Waals surface area contributed by atoms with Gasteiger partial charge in [-0.1, -0.05) is 37.6 Å². The molecule has 2 aromatic carbocycles. The monoisotopic (exact) mass is 627 g/mol. The van der Waals surface area contributed by atoms with Crippen LogP contribution < -0.4 is 15.1 Å². The molecule has 2 fully saturated rings. The molecule has 4 heterocycles. The number of halogens is 1. The van der Waals surface area contributed by atoms with Crippen LogP contribution in [0.25, 0.3) is 5.69 Å². The number of carboxylic acid groups (broad SMARTS) is 1. The molecule has 7 nitrogen and oxygen atoms in total. The average Bonchev–Trinajstić information content (AvgIpc) is 3.47. The van der Waals surface area contributed by atoms with E-state index in [1.54, 1.807) is 18.3 Å². The molecule has 6 rings (SSSR count). The lowest BCUT2D eigenvalue weighted by molar-refractivity contribution is 0.0697. The van der Waals surface area contributed by atoms with E-state index in [0.717, 1.165) is 58.4 Å². The van der Waals surface area contributed by atoms with E-state index < -0.39 is 5.97 Å². The van der Waals surface area contributed by atoms with Crippen LogP contribution in [0.3, 0.4) is 0 Å². The maximum atomic E-state index is 11.8. The van der Waals surface area contributed by atoms with Crippen LogP contribution in [-0.2, 0) is 0 Å². The number of pyridine rings is 1. The second-order valence-corrected chi connectivity index (χ2v) is 13.2. The summed E-state index contributed by atoms with van der Waals surface area (Å²) >= 11 is 13.0. The van der Waals surface area contributed by atoms with Crippen LogP contribution in [0.15, 0.2) is 66.9 Å². The molecule has 2 aliphatic rings. The van der Waals surface area contributed by atoms with E-state index in [0.29, 0.717) is 22.0 Å². The van der Waals surface area contributed by atoms with Crippen LogP contribution in [0.2, 0.25) is 5.02 Å². The molecular formula is C35H38ClN5O2S. The number of hydrogen-bond donors (Lipinski definition) is 2. The normalized spacial score (nSPS) is 21.9. The summed E-state index contributed by atoms with van der Waals surface area (Å²) < 4.78 is 2.14. The molecule has 4 atom stereocenters. The van der Waals surface area contributed by atoms with Gasteiger partial charge in [0.25, 0.3) is 0 Å². The topological polar surface area (TPSA) is 73.6 Å². The van der Waals surface area contributed by atoms with Crippen molar-refractivity contribution in [3.05, 3.63) is 106 Å². The van der Waals surface area contributed by atoms with E-state index in [9.17, 15) is 9.90 Å². The summed E-state index contributed by atoms with van der Waals surface area (Å²) in [4.78, 5) is 21.1. The highest BCUT2D eigenvalue weighted by atomic mass is 35.5. The van der Waals surface area contributed by atoms with Crippen molar-refractivity contribution in [1.82, 2.24) is 14.9 Å². The number of piperidine rings is 1. The lowest BCUT2D eigenvalue weighted by atomic mass is 9.91. The molecule has 228 valence electrons. The highest BCUT2D eigenvalue weighted by Gasteiger charge is 2.42. The Labute approximate surface area is 269 Å². The molecule has 0 radical (unpaired) electrons. The number of carboxylic acids is 1. The number of anilines is 2. The highest BCUT2D eigenvalue weighted by Crippen LogP contribution is 2.45. The van der Waals surface area contributed by atoms with E-state index in [-0.39, 0.29) is 17.6 Å². The van der Waals surface area contributed by atoms with Gasteiger partial charge in [0.15, 0.2) is 5.11 Å². The van der Waals surface area contributed by atoms with Crippen LogP contribution in [0.5, 0.6) is 0 Å². The van der Waals surface area contributed by atoms with Gasteiger partial charge in [-0.3, -0.25) is 4.98 Å².